The molecule has 0 spiro atoms. The highest BCUT2D eigenvalue weighted by molar-refractivity contribution is 6.15. The maximum Gasteiger partial charge on any atom is 0.317 e. The normalized spacial score (nSPS) is 47.2. The first-order chi connectivity index (χ1) is 17.4. The molecule has 204 valence electrons. The van der Waals surface area contributed by atoms with E-state index in [4.69, 9.17) is 0 Å². The molecule has 0 aromatic heterocycles. The van der Waals surface area contributed by atoms with E-state index in [9.17, 15) is 34.7 Å². The molecule has 5 aliphatic carbocycles. The number of nitriles is 1. The first kappa shape index (κ1) is 26.8. The van der Waals surface area contributed by atoms with Gasteiger partial charge in [-0.2, -0.15) is 5.26 Å². The zero-order valence-electron chi connectivity index (χ0n) is 23.3. The van der Waals surface area contributed by atoms with Crippen molar-refractivity contribution >= 4 is 23.5 Å². The molecular weight excluding hydrogens is 482 g/mol. The lowest BCUT2D eigenvalue weighted by Gasteiger charge is -2.68. The van der Waals surface area contributed by atoms with Crippen LogP contribution in [0.4, 0.5) is 0 Å². The first-order valence-corrected chi connectivity index (χ1v) is 13.9. The molecule has 5 rings (SSSR count). The van der Waals surface area contributed by atoms with Gasteiger partial charge >= 0.3 is 11.9 Å². The Morgan fingerprint density at radius 3 is 2.16 bits per heavy atom. The van der Waals surface area contributed by atoms with E-state index >= 15 is 0 Å². The van der Waals surface area contributed by atoms with E-state index in [1.165, 1.54) is 6.92 Å². The highest BCUT2D eigenvalue weighted by Gasteiger charge is 2.72. The number of carbonyl (C=O) groups is 4. The molecule has 0 unspecified atom stereocenters. The molecule has 0 heterocycles. The van der Waals surface area contributed by atoms with Crippen LogP contribution in [0.15, 0.2) is 23.3 Å². The predicted octanol–water partition coefficient (Wildman–Crippen LogP) is 5.36. The van der Waals surface area contributed by atoms with Crippen LogP contribution in [-0.2, 0) is 19.2 Å². The smallest absolute Gasteiger partial charge is 0.317 e. The van der Waals surface area contributed by atoms with Gasteiger partial charge in [-0.1, -0.05) is 46.3 Å². The maximum atomic E-state index is 14.3. The van der Waals surface area contributed by atoms with Crippen molar-refractivity contribution in [2.75, 3.05) is 0 Å². The zero-order valence-corrected chi connectivity index (χ0v) is 23.3. The van der Waals surface area contributed by atoms with E-state index in [2.05, 4.69) is 27.7 Å². The third kappa shape index (κ3) is 2.95. The van der Waals surface area contributed by atoms with Crippen LogP contribution < -0.4 is 0 Å². The molecule has 7 nitrogen and oxygen atoms in total. The lowest BCUT2D eigenvalue weighted by atomic mass is 9.34. The van der Waals surface area contributed by atoms with Crippen LogP contribution in [0.1, 0.15) is 86.5 Å². The van der Waals surface area contributed by atoms with Crippen molar-refractivity contribution < 1.29 is 29.4 Å². The van der Waals surface area contributed by atoms with Crippen molar-refractivity contribution in [1.82, 2.24) is 0 Å². The van der Waals surface area contributed by atoms with Gasteiger partial charge in [0.15, 0.2) is 11.6 Å². The van der Waals surface area contributed by atoms with Crippen LogP contribution in [0.25, 0.3) is 0 Å². The number of hydrogen-bond donors (Lipinski definition) is 2. The van der Waals surface area contributed by atoms with E-state index in [1.807, 2.05) is 13.0 Å². The Bertz CT molecular complexity index is 1290. The molecular formula is C31H39NO6. The molecule has 0 saturated heterocycles. The van der Waals surface area contributed by atoms with E-state index in [-0.39, 0.29) is 22.7 Å². The van der Waals surface area contributed by atoms with Crippen LogP contribution >= 0.6 is 0 Å². The summed E-state index contributed by atoms with van der Waals surface area (Å²) in [5.74, 6) is -4.13. The SMILES string of the molecule is CC1(C)CC[C@]2(C(=O)O)CC[C@]3(C)[C@H](C(=O)C=C4[C@@]5(C)C=C(C#N)C(=O)[C@](C)(C(=O)O)[C@@H]5CC[C@]43C)[C@@H]2C1. The van der Waals surface area contributed by atoms with Crippen molar-refractivity contribution in [3.8, 4) is 6.07 Å². The summed E-state index contributed by atoms with van der Waals surface area (Å²) in [5.41, 5.74) is -4.11. The summed E-state index contributed by atoms with van der Waals surface area (Å²) in [7, 11) is 0. The zero-order chi connectivity index (χ0) is 28.3. The maximum absolute atomic E-state index is 14.3. The van der Waals surface area contributed by atoms with E-state index in [1.54, 1.807) is 12.2 Å². The van der Waals surface area contributed by atoms with Gasteiger partial charge in [0.2, 0.25) is 0 Å². The van der Waals surface area contributed by atoms with Crippen molar-refractivity contribution in [2.24, 2.45) is 50.2 Å². The highest BCUT2D eigenvalue weighted by Crippen LogP contribution is 2.74. The van der Waals surface area contributed by atoms with Gasteiger partial charge in [-0.3, -0.25) is 19.2 Å². The lowest BCUT2D eigenvalue weighted by Crippen LogP contribution is -2.66. The number of carboxylic acids is 2. The molecule has 38 heavy (non-hydrogen) atoms. The average Bonchev–Trinajstić information content (AvgIpc) is 2.82. The van der Waals surface area contributed by atoms with Gasteiger partial charge in [0.05, 0.1) is 11.0 Å². The Morgan fingerprint density at radius 2 is 1.58 bits per heavy atom. The second-order valence-electron chi connectivity index (χ2n) is 14.5. The summed E-state index contributed by atoms with van der Waals surface area (Å²) in [6.07, 6.45) is 7.51. The summed E-state index contributed by atoms with van der Waals surface area (Å²) in [4.78, 5) is 52.8. The quantitative estimate of drug-likeness (QED) is 0.468. The molecule has 0 radical (unpaired) electrons. The number of carbonyl (C=O) groups excluding carboxylic acids is 2. The third-order valence-corrected chi connectivity index (χ3v) is 12.4. The highest BCUT2D eigenvalue weighted by atomic mass is 16.4. The fourth-order valence-electron chi connectivity index (χ4n) is 9.96. The largest absolute Gasteiger partial charge is 0.481 e. The second kappa shape index (κ2) is 7.67. The number of nitrogens with zero attached hydrogens (tertiary/aromatic N) is 1. The molecule has 0 aliphatic heterocycles. The van der Waals surface area contributed by atoms with Gasteiger partial charge in [-0.15, -0.1) is 0 Å². The van der Waals surface area contributed by atoms with Crippen molar-refractivity contribution in [3.63, 3.8) is 0 Å². The Balaban J connectivity index is 1.72. The van der Waals surface area contributed by atoms with E-state index in [0.29, 0.717) is 38.5 Å². The minimum absolute atomic E-state index is 0.0614. The first-order valence-electron chi connectivity index (χ1n) is 13.9. The number of Topliss-reactive ketones (excluding diaryl/α,β-unsaturated/α-hetero) is 1. The van der Waals surface area contributed by atoms with Gasteiger partial charge in [-0.05, 0) is 86.0 Å². The Morgan fingerprint density at radius 1 is 0.947 bits per heavy atom. The Labute approximate surface area is 224 Å². The van der Waals surface area contributed by atoms with E-state index in [0.717, 1.165) is 12.0 Å². The summed E-state index contributed by atoms with van der Waals surface area (Å²) < 4.78 is 0. The third-order valence-electron chi connectivity index (χ3n) is 12.4. The average molecular weight is 522 g/mol. The molecule has 3 saturated carbocycles. The van der Waals surface area contributed by atoms with Gasteiger partial charge < -0.3 is 10.2 Å². The molecule has 7 heteroatoms. The van der Waals surface area contributed by atoms with Gasteiger partial charge in [-0.25, -0.2) is 0 Å². The predicted molar refractivity (Wildman–Crippen MR) is 138 cm³/mol. The van der Waals surface area contributed by atoms with Crippen molar-refractivity contribution in [1.29, 1.82) is 5.26 Å². The summed E-state index contributed by atoms with van der Waals surface area (Å²) in [6.45, 7) is 11.9. The summed E-state index contributed by atoms with van der Waals surface area (Å²) >= 11 is 0. The van der Waals surface area contributed by atoms with Crippen molar-refractivity contribution in [2.45, 2.75) is 86.5 Å². The number of rotatable bonds is 2. The van der Waals surface area contributed by atoms with Gasteiger partial charge in [0.1, 0.15) is 11.5 Å². The monoisotopic (exact) mass is 521 g/mol. The lowest BCUT2D eigenvalue weighted by molar-refractivity contribution is -0.189. The minimum Gasteiger partial charge on any atom is -0.481 e. The van der Waals surface area contributed by atoms with E-state index < -0.39 is 56.6 Å². The number of carboxylic acid groups (broad SMARTS) is 2. The van der Waals surface area contributed by atoms with Crippen molar-refractivity contribution in [3.05, 3.63) is 23.3 Å². The minimum atomic E-state index is -1.77. The summed E-state index contributed by atoms with van der Waals surface area (Å²) in [6, 6.07) is 1.94. The number of aliphatic carboxylic acids is 2. The van der Waals surface area contributed by atoms with Gasteiger partial charge in [0, 0.05) is 11.3 Å². The molecule has 0 aromatic rings. The molecule has 0 aromatic carbocycles. The van der Waals surface area contributed by atoms with Crippen LogP contribution in [0, 0.1) is 61.6 Å². The molecule has 2 N–H and O–H groups in total. The van der Waals surface area contributed by atoms with Crippen LogP contribution in [0.5, 0.6) is 0 Å². The topological polar surface area (TPSA) is 133 Å². The summed E-state index contributed by atoms with van der Waals surface area (Å²) in [5, 5.41) is 30.5. The number of hydrogen-bond acceptors (Lipinski definition) is 5. The van der Waals surface area contributed by atoms with Crippen LogP contribution in [0.2, 0.25) is 0 Å². The fourth-order valence-corrected chi connectivity index (χ4v) is 9.96. The standard InChI is InChI=1S/C31H39NO6/c1-26(2)9-11-31(25(37)38)12-10-29(5)22(18(31)15-26)19(33)13-21-27(3)14-17(16-32)23(34)30(6,24(35)36)20(27)7-8-28(21,29)4/h13-14,18,20,22H,7-12,15H2,1-6H3,(H,35,36)(H,37,38)/t18-,20+,22-,27-,28+,29+,30+,31-/m0/s1. The Kier molecular flexibility index (Phi) is 5.42. The number of fused-ring (bicyclic) bond motifs is 7. The molecule has 3 fully saturated rings. The van der Waals surface area contributed by atoms with Crippen LogP contribution in [-0.4, -0.2) is 33.7 Å². The van der Waals surface area contributed by atoms with Crippen LogP contribution in [0.3, 0.4) is 0 Å². The molecule has 5 aliphatic rings. The van der Waals surface area contributed by atoms with Gasteiger partial charge in [0.25, 0.3) is 0 Å². The number of allylic oxidation sites excluding steroid dienone is 4. The second-order valence-corrected chi connectivity index (χ2v) is 14.5. The molecule has 0 amide bonds. The molecule has 0 bridgehead atoms. The Hall–Kier alpha value is -2.75. The fraction of sp³-hybridized carbons (Fsp3) is 0.710. The molecule has 8 atom stereocenters. The number of ketones is 2.